The largest absolute Gasteiger partial charge is 0.444 e. The molecule has 0 aliphatic heterocycles. The lowest BCUT2D eigenvalue weighted by Crippen LogP contribution is -2.32. The van der Waals surface area contributed by atoms with Gasteiger partial charge in [0.1, 0.15) is 11.3 Å². The number of hydrogen-bond donors (Lipinski definition) is 2. The second-order valence-electron chi connectivity index (χ2n) is 9.03. The highest BCUT2D eigenvalue weighted by Crippen LogP contribution is 2.34. The van der Waals surface area contributed by atoms with Gasteiger partial charge >= 0.3 is 12.3 Å². The van der Waals surface area contributed by atoms with Gasteiger partial charge in [0.05, 0.1) is 11.6 Å². The van der Waals surface area contributed by atoms with Crippen molar-refractivity contribution in [1.29, 1.82) is 0 Å². The van der Waals surface area contributed by atoms with Gasteiger partial charge in [-0.25, -0.2) is 9.78 Å². The number of nitrogens with zero attached hydrogens (tertiary/aromatic N) is 1. The predicted octanol–water partition coefficient (Wildman–Crippen LogP) is 7.11. The first-order valence-corrected chi connectivity index (χ1v) is 12.6. The molecule has 0 fully saturated rings. The van der Waals surface area contributed by atoms with E-state index in [4.69, 9.17) is 4.74 Å². The Morgan fingerprint density at radius 2 is 1.78 bits per heavy atom. The second-order valence-corrected chi connectivity index (χ2v) is 11.2. The van der Waals surface area contributed by atoms with Crippen LogP contribution in [0.1, 0.15) is 60.9 Å². The molecule has 1 atom stereocenters. The second kappa shape index (κ2) is 11.0. The molecule has 11 heteroatoms. The van der Waals surface area contributed by atoms with Gasteiger partial charge in [-0.15, -0.1) is 11.3 Å². The number of aromatic nitrogens is 1. The summed E-state index contributed by atoms with van der Waals surface area (Å²) in [6, 6.07) is 9.88. The van der Waals surface area contributed by atoms with E-state index in [2.05, 4.69) is 31.5 Å². The Morgan fingerprint density at radius 3 is 2.33 bits per heavy atom. The molecule has 0 aliphatic carbocycles. The van der Waals surface area contributed by atoms with Gasteiger partial charge in [0, 0.05) is 11.9 Å². The Morgan fingerprint density at radius 1 is 1.11 bits per heavy atom. The van der Waals surface area contributed by atoms with Crippen LogP contribution in [0.2, 0.25) is 0 Å². The quantitative estimate of drug-likeness (QED) is 0.324. The van der Waals surface area contributed by atoms with E-state index in [0.717, 1.165) is 17.7 Å². The zero-order chi connectivity index (χ0) is 26.7. The number of ether oxygens (including phenoxy) is 1. The van der Waals surface area contributed by atoms with Gasteiger partial charge in [-0.3, -0.25) is 4.79 Å². The van der Waals surface area contributed by atoms with Crippen LogP contribution in [0.15, 0.2) is 51.8 Å². The fraction of sp³-hybridized carbons (Fsp3) is 0.320. The van der Waals surface area contributed by atoms with Gasteiger partial charge in [-0.2, -0.15) is 13.2 Å². The molecule has 6 nitrogen and oxygen atoms in total. The summed E-state index contributed by atoms with van der Waals surface area (Å²) in [6.45, 7) is 6.94. The number of hydrogen-bond acceptors (Lipinski definition) is 5. The molecule has 0 saturated heterocycles. The molecule has 2 N–H and O–H groups in total. The molecule has 192 valence electrons. The van der Waals surface area contributed by atoms with Crippen LogP contribution in [0, 0.1) is 0 Å². The molecule has 3 aromatic rings. The first-order chi connectivity index (χ1) is 16.7. The van der Waals surface area contributed by atoms with Crippen LogP contribution >= 0.6 is 27.3 Å². The van der Waals surface area contributed by atoms with Crippen molar-refractivity contribution in [3.63, 3.8) is 0 Å². The van der Waals surface area contributed by atoms with Crippen molar-refractivity contribution in [2.75, 3.05) is 0 Å². The van der Waals surface area contributed by atoms with E-state index >= 15 is 0 Å². The molecule has 36 heavy (non-hydrogen) atoms. The van der Waals surface area contributed by atoms with Crippen molar-refractivity contribution in [3.05, 3.63) is 74.1 Å². The number of thiazole rings is 1. The Hall–Kier alpha value is -2.92. The molecule has 0 radical (unpaired) electrons. The van der Waals surface area contributed by atoms with E-state index in [-0.39, 0.29) is 18.5 Å². The van der Waals surface area contributed by atoms with E-state index in [0.29, 0.717) is 26.3 Å². The fourth-order valence-electron chi connectivity index (χ4n) is 3.32. The number of benzene rings is 2. The van der Waals surface area contributed by atoms with Gasteiger partial charge in [0.15, 0.2) is 3.92 Å². The van der Waals surface area contributed by atoms with E-state index < -0.39 is 23.4 Å². The number of alkyl halides is 3. The minimum atomic E-state index is -4.52. The summed E-state index contributed by atoms with van der Waals surface area (Å²) in [5.74, 6) is -0.332. The Labute approximate surface area is 219 Å². The zero-order valence-corrected chi connectivity index (χ0v) is 22.4. The number of halogens is 4. The summed E-state index contributed by atoms with van der Waals surface area (Å²) in [4.78, 5) is 28.5. The van der Waals surface area contributed by atoms with Crippen molar-refractivity contribution in [1.82, 2.24) is 15.6 Å². The molecule has 2 amide bonds. The van der Waals surface area contributed by atoms with E-state index in [1.807, 2.05) is 0 Å². The normalized spacial score (nSPS) is 12.7. The molecular formula is C25H25BrF3N3O3S. The fourth-order valence-corrected chi connectivity index (χ4v) is 4.31. The zero-order valence-electron chi connectivity index (χ0n) is 20.0. The van der Waals surface area contributed by atoms with Gasteiger partial charge < -0.3 is 15.4 Å². The highest BCUT2D eigenvalue weighted by atomic mass is 79.9. The van der Waals surface area contributed by atoms with Crippen LogP contribution < -0.4 is 10.6 Å². The van der Waals surface area contributed by atoms with Gasteiger partial charge in [0.25, 0.3) is 5.91 Å². The summed E-state index contributed by atoms with van der Waals surface area (Å²) in [7, 11) is 0. The molecular weight excluding hydrogens is 559 g/mol. The minimum absolute atomic E-state index is 0.0141. The van der Waals surface area contributed by atoms with Crippen molar-refractivity contribution in [2.24, 2.45) is 0 Å². The maximum absolute atomic E-state index is 13.4. The lowest BCUT2D eigenvalue weighted by atomic mass is 9.95. The number of alkyl carbamates (subject to hydrolysis) is 1. The monoisotopic (exact) mass is 583 g/mol. The predicted molar refractivity (Wildman–Crippen MR) is 136 cm³/mol. The lowest BCUT2D eigenvalue weighted by molar-refractivity contribution is -0.137. The smallest absolute Gasteiger partial charge is 0.416 e. The van der Waals surface area contributed by atoms with Crippen LogP contribution in [-0.4, -0.2) is 22.6 Å². The topological polar surface area (TPSA) is 80.3 Å². The van der Waals surface area contributed by atoms with Gasteiger partial charge in [0.2, 0.25) is 0 Å². The number of carbonyl (C=O) groups excluding carboxylic acids is 2. The average molecular weight is 584 g/mol. The molecule has 3 rings (SSSR count). The summed E-state index contributed by atoms with van der Waals surface area (Å²) in [5, 5.41) is 7.08. The third kappa shape index (κ3) is 7.54. The average Bonchev–Trinajstić information content (AvgIpc) is 3.22. The standard InChI is InChI=1S/C25H25BrF3N3O3S/c1-14(31-21(33)20-13-36-22(26)32-20)15-5-7-16(8-6-15)19-11-18(25(27,28)29)10-9-17(19)12-30-23(34)35-24(2,3)4/h5-11,13-14H,12H2,1-4H3,(H,30,34)(H,31,33)/t14-/m1/s1. The number of amides is 2. The Kier molecular flexibility index (Phi) is 8.45. The Balaban J connectivity index is 1.82. The van der Waals surface area contributed by atoms with Crippen LogP contribution in [0.4, 0.5) is 18.0 Å². The molecule has 0 spiro atoms. The molecule has 0 saturated carbocycles. The molecule has 0 bridgehead atoms. The first kappa shape index (κ1) is 27.7. The van der Waals surface area contributed by atoms with E-state index in [9.17, 15) is 22.8 Å². The summed E-state index contributed by atoms with van der Waals surface area (Å²) in [6.07, 6.45) is -5.18. The summed E-state index contributed by atoms with van der Waals surface area (Å²) in [5.41, 5.74) is 0.924. The third-order valence-corrected chi connectivity index (χ3v) is 6.40. The maximum atomic E-state index is 13.4. The number of rotatable bonds is 6. The lowest BCUT2D eigenvalue weighted by Gasteiger charge is -2.20. The van der Waals surface area contributed by atoms with E-state index in [1.54, 1.807) is 57.3 Å². The molecule has 0 unspecified atom stereocenters. The van der Waals surface area contributed by atoms with E-state index in [1.165, 1.54) is 17.4 Å². The minimum Gasteiger partial charge on any atom is -0.444 e. The molecule has 1 aromatic heterocycles. The number of nitrogens with one attached hydrogen (secondary N) is 2. The van der Waals surface area contributed by atoms with Crippen molar-refractivity contribution in [3.8, 4) is 11.1 Å². The highest BCUT2D eigenvalue weighted by Gasteiger charge is 2.31. The summed E-state index contributed by atoms with van der Waals surface area (Å²) < 4.78 is 46.1. The third-order valence-electron chi connectivity index (χ3n) is 5.04. The van der Waals surface area contributed by atoms with Crippen LogP contribution in [-0.2, 0) is 17.5 Å². The van der Waals surface area contributed by atoms with Gasteiger partial charge in [-0.05, 0) is 78.0 Å². The maximum Gasteiger partial charge on any atom is 0.416 e. The van der Waals surface area contributed by atoms with Crippen LogP contribution in [0.25, 0.3) is 11.1 Å². The summed E-state index contributed by atoms with van der Waals surface area (Å²) >= 11 is 4.52. The molecule has 2 aromatic carbocycles. The van der Waals surface area contributed by atoms with Crippen molar-refractivity contribution >= 4 is 39.3 Å². The van der Waals surface area contributed by atoms with Crippen molar-refractivity contribution < 1.29 is 27.5 Å². The molecule has 0 aliphatic rings. The van der Waals surface area contributed by atoms with Crippen LogP contribution in [0.5, 0.6) is 0 Å². The molecule has 1 heterocycles. The first-order valence-electron chi connectivity index (χ1n) is 10.9. The number of carbonyl (C=O) groups is 2. The highest BCUT2D eigenvalue weighted by molar-refractivity contribution is 9.11. The Bertz CT molecular complexity index is 1240. The van der Waals surface area contributed by atoms with Crippen LogP contribution in [0.3, 0.4) is 0 Å². The SMILES string of the molecule is C[C@@H](NC(=O)c1csc(Br)n1)c1ccc(-c2cc(C(F)(F)F)ccc2CNC(=O)OC(C)(C)C)cc1. The van der Waals surface area contributed by atoms with Gasteiger partial charge in [-0.1, -0.05) is 30.3 Å². The van der Waals surface area contributed by atoms with Crippen molar-refractivity contribution in [2.45, 2.75) is 52.1 Å².